The summed E-state index contributed by atoms with van der Waals surface area (Å²) in [4.78, 5) is 19.1. The molecule has 2 aliphatic heterocycles. The maximum atomic E-state index is 13.0. The van der Waals surface area contributed by atoms with E-state index in [0.29, 0.717) is 31.1 Å². The Bertz CT molecular complexity index is 894. The molecule has 152 valence electrons. The van der Waals surface area contributed by atoms with Gasteiger partial charge in [0.2, 0.25) is 10.0 Å². The van der Waals surface area contributed by atoms with Crippen molar-refractivity contribution in [2.45, 2.75) is 24.2 Å². The summed E-state index contributed by atoms with van der Waals surface area (Å²) in [6.45, 7) is 5.04. The fourth-order valence-electron chi connectivity index (χ4n) is 3.77. The van der Waals surface area contributed by atoms with Crippen LogP contribution in [0.25, 0.3) is 0 Å². The number of rotatable bonds is 6. The predicted molar refractivity (Wildman–Crippen MR) is 113 cm³/mol. The van der Waals surface area contributed by atoms with E-state index >= 15 is 0 Å². The summed E-state index contributed by atoms with van der Waals surface area (Å²) >= 11 is 3.02. The largest absolute Gasteiger partial charge is 0.335 e. The van der Waals surface area contributed by atoms with E-state index in [1.54, 1.807) is 27.7 Å². The fourth-order valence-corrected chi connectivity index (χ4v) is 7.34. The Kier molecular flexibility index (Phi) is 6.17. The van der Waals surface area contributed by atoms with E-state index < -0.39 is 10.0 Å². The maximum Gasteiger partial charge on any atom is 0.265 e. The van der Waals surface area contributed by atoms with Gasteiger partial charge in [0.25, 0.3) is 5.91 Å². The zero-order chi connectivity index (χ0) is 19.6. The quantitative estimate of drug-likeness (QED) is 0.694. The summed E-state index contributed by atoms with van der Waals surface area (Å²) in [5.74, 6) is -0.148. The molecule has 0 aromatic carbocycles. The van der Waals surface area contributed by atoms with Crippen LogP contribution in [0.3, 0.4) is 0 Å². The summed E-state index contributed by atoms with van der Waals surface area (Å²) in [6, 6.07) is 5.82. The number of hydrogen-bond donors (Lipinski definition) is 0. The summed E-state index contributed by atoms with van der Waals surface area (Å²) in [5, 5.41) is 3.81. The van der Waals surface area contributed by atoms with Gasteiger partial charge in [-0.3, -0.25) is 9.69 Å². The van der Waals surface area contributed by atoms with Crippen molar-refractivity contribution in [1.82, 2.24) is 14.1 Å². The van der Waals surface area contributed by atoms with Gasteiger partial charge < -0.3 is 4.90 Å². The molecular formula is C19H25N3O3S3. The molecule has 28 heavy (non-hydrogen) atoms. The van der Waals surface area contributed by atoms with Crippen LogP contribution in [0.1, 0.15) is 27.4 Å². The standard InChI is InChI=1S/C19H25N3O3S3/c23-19(18-17(6-15-27-18)28(24,25)22-7-1-2-8-22)21-12-10-20(11-13-21)9-5-16-4-3-14-26-16/h3-4,6,14-15H,1-2,5,7-13H2. The Morgan fingerprint density at radius 1 is 0.964 bits per heavy atom. The molecule has 2 saturated heterocycles. The minimum Gasteiger partial charge on any atom is -0.335 e. The number of nitrogens with zero attached hydrogens (tertiary/aromatic N) is 3. The number of thiophene rings is 2. The summed E-state index contributed by atoms with van der Waals surface area (Å²) in [5.41, 5.74) is 0. The predicted octanol–water partition coefficient (Wildman–Crippen LogP) is 2.59. The normalized spacial score (nSPS) is 19.4. The average Bonchev–Trinajstić information content (AvgIpc) is 3.48. The zero-order valence-electron chi connectivity index (χ0n) is 15.7. The molecule has 0 atom stereocenters. The van der Waals surface area contributed by atoms with Gasteiger partial charge in [0.1, 0.15) is 9.77 Å². The van der Waals surface area contributed by atoms with Crippen molar-refractivity contribution in [3.05, 3.63) is 38.7 Å². The highest BCUT2D eigenvalue weighted by Gasteiger charge is 2.33. The molecule has 4 heterocycles. The molecule has 0 N–H and O–H groups in total. The van der Waals surface area contributed by atoms with Gasteiger partial charge in [-0.1, -0.05) is 6.07 Å². The molecule has 1 amide bonds. The first kappa shape index (κ1) is 20.0. The summed E-state index contributed by atoms with van der Waals surface area (Å²) < 4.78 is 27.3. The Labute approximate surface area is 174 Å². The number of carbonyl (C=O) groups is 1. The van der Waals surface area contributed by atoms with Crippen molar-refractivity contribution in [3.63, 3.8) is 0 Å². The van der Waals surface area contributed by atoms with Crippen LogP contribution in [0.15, 0.2) is 33.9 Å². The zero-order valence-corrected chi connectivity index (χ0v) is 18.2. The lowest BCUT2D eigenvalue weighted by Crippen LogP contribution is -2.49. The highest BCUT2D eigenvalue weighted by molar-refractivity contribution is 7.89. The van der Waals surface area contributed by atoms with Crippen LogP contribution in [0.2, 0.25) is 0 Å². The number of sulfonamides is 1. The second-order valence-electron chi connectivity index (χ2n) is 7.19. The molecule has 2 aromatic heterocycles. The Balaban J connectivity index is 1.38. The van der Waals surface area contributed by atoms with Crippen molar-refractivity contribution in [2.75, 3.05) is 45.8 Å². The van der Waals surface area contributed by atoms with Crippen molar-refractivity contribution in [2.24, 2.45) is 0 Å². The minimum absolute atomic E-state index is 0.148. The van der Waals surface area contributed by atoms with Gasteiger partial charge in [0.15, 0.2) is 0 Å². The van der Waals surface area contributed by atoms with Crippen LogP contribution in [0.5, 0.6) is 0 Å². The molecule has 0 saturated carbocycles. The smallest absolute Gasteiger partial charge is 0.265 e. The Morgan fingerprint density at radius 3 is 2.39 bits per heavy atom. The van der Waals surface area contributed by atoms with E-state index in [4.69, 9.17) is 0 Å². The average molecular weight is 440 g/mol. The number of carbonyl (C=O) groups excluding carboxylic acids is 1. The fraction of sp³-hybridized carbons (Fsp3) is 0.526. The van der Waals surface area contributed by atoms with Gasteiger partial charge in [0.05, 0.1) is 0 Å². The molecule has 0 bridgehead atoms. The van der Waals surface area contributed by atoms with Crippen LogP contribution >= 0.6 is 22.7 Å². The molecule has 0 radical (unpaired) electrons. The molecule has 0 spiro atoms. The molecule has 6 nitrogen and oxygen atoms in total. The highest BCUT2D eigenvalue weighted by atomic mass is 32.2. The second kappa shape index (κ2) is 8.62. The molecule has 0 unspecified atom stereocenters. The van der Waals surface area contributed by atoms with Crippen LogP contribution in [0, 0.1) is 0 Å². The molecule has 9 heteroatoms. The second-order valence-corrected chi connectivity index (χ2v) is 11.0. The number of hydrogen-bond acceptors (Lipinski definition) is 6. The van der Waals surface area contributed by atoms with Crippen molar-refractivity contribution >= 4 is 38.6 Å². The van der Waals surface area contributed by atoms with Gasteiger partial charge >= 0.3 is 0 Å². The lowest BCUT2D eigenvalue weighted by atomic mass is 10.2. The van der Waals surface area contributed by atoms with Gasteiger partial charge in [-0.15, -0.1) is 22.7 Å². The van der Waals surface area contributed by atoms with E-state index in [0.717, 1.165) is 38.9 Å². The summed E-state index contributed by atoms with van der Waals surface area (Å²) in [7, 11) is -3.57. The van der Waals surface area contributed by atoms with E-state index in [2.05, 4.69) is 22.4 Å². The maximum absolute atomic E-state index is 13.0. The number of amides is 1. The third-order valence-corrected chi connectivity index (χ3v) is 9.33. The van der Waals surface area contributed by atoms with E-state index in [9.17, 15) is 13.2 Å². The first-order chi connectivity index (χ1) is 13.6. The highest BCUT2D eigenvalue weighted by Crippen LogP contribution is 2.29. The molecule has 4 rings (SSSR count). The van der Waals surface area contributed by atoms with Crippen molar-refractivity contribution in [3.8, 4) is 0 Å². The molecule has 2 aromatic rings. The van der Waals surface area contributed by atoms with E-state index in [-0.39, 0.29) is 10.8 Å². The minimum atomic E-state index is -3.57. The Hall–Kier alpha value is -1.26. The van der Waals surface area contributed by atoms with Gasteiger partial charge in [-0.25, -0.2) is 8.42 Å². The van der Waals surface area contributed by atoms with Crippen LogP contribution in [0.4, 0.5) is 0 Å². The lowest BCUT2D eigenvalue weighted by Gasteiger charge is -2.34. The topological polar surface area (TPSA) is 60.9 Å². The number of piperazine rings is 1. The SMILES string of the molecule is O=C(c1sccc1S(=O)(=O)N1CCCC1)N1CCN(CCc2cccs2)CC1. The lowest BCUT2D eigenvalue weighted by molar-refractivity contribution is 0.0640. The molecule has 2 aliphatic rings. The Morgan fingerprint density at radius 2 is 1.71 bits per heavy atom. The van der Waals surface area contributed by atoms with Gasteiger partial charge in [-0.2, -0.15) is 4.31 Å². The molecular weight excluding hydrogens is 414 g/mol. The molecule has 0 aliphatic carbocycles. The first-order valence-electron chi connectivity index (χ1n) is 9.67. The van der Waals surface area contributed by atoms with E-state index in [1.165, 1.54) is 20.5 Å². The van der Waals surface area contributed by atoms with Crippen LogP contribution in [-0.4, -0.2) is 74.2 Å². The summed E-state index contributed by atoms with van der Waals surface area (Å²) in [6.07, 6.45) is 2.81. The van der Waals surface area contributed by atoms with E-state index in [1.807, 2.05) is 0 Å². The van der Waals surface area contributed by atoms with Gasteiger partial charge in [-0.05, 0) is 42.2 Å². The molecule has 2 fully saturated rings. The first-order valence-corrected chi connectivity index (χ1v) is 12.9. The van der Waals surface area contributed by atoms with Gasteiger partial charge in [0, 0.05) is 50.7 Å². The van der Waals surface area contributed by atoms with Crippen molar-refractivity contribution in [1.29, 1.82) is 0 Å². The van der Waals surface area contributed by atoms with Crippen molar-refractivity contribution < 1.29 is 13.2 Å². The third kappa shape index (κ3) is 4.18. The van der Waals surface area contributed by atoms with Crippen LogP contribution < -0.4 is 0 Å². The van der Waals surface area contributed by atoms with Crippen LogP contribution in [-0.2, 0) is 16.4 Å². The monoisotopic (exact) mass is 439 g/mol. The third-order valence-electron chi connectivity index (χ3n) is 5.42.